The van der Waals surface area contributed by atoms with Crippen molar-refractivity contribution in [2.45, 2.75) is 32.1 Å². The van der Waals surface area contributed by atoms with Crippen LogP contribution in [0.4, 0.5) is 0 Å². The van der Waals surface area contributed by atoms with E-state index in [-0.39, 0.29) is 11.3 Å². The van der Waals surface area contributed by atoms with Crippen LogP contribution in [0.2, 0.25) is 0 Å². The molecule has 0 fully saturated rings. The second-order valence-corrected chi connectivity index (χ2v) is 5.38. The minimum atomic E-state index is -0.453. The Morgan fingerprint density at radius 1 is 1.27 bits per heavy atom. The number of hydrogen-bond acceptors (Lipinski definition) is 5. The maximum atomic E-state index is 11.8. The molecule has 2 aromatic heterocycles. The molecule has 1 aliphatic carbocycles. The molecule has 1 N–H and O–H groups in total. The molecule has 0 atom stereocenters. The molecule has 0 radical (unpaired) electrons. The number of nitrogens with one attached hydrogen (secondary N) is 1. The molecule has 2 aromatic rings. The molecule has 0 amide bonds. The molecule has 0 saturated heterocycles. The summed E-state index contributed by atoms with van der Waals surface area (Å²) in [7, 11) is 1.33. The van der Waals surface area contributed by atoms with Crippen molar-refractivity contribution in [3.63, 3.8) is 0 Å². The number of aromatic nitrogens is 3. The van der Waals surface area contributed by atoms with Crippen molar-refractivity contribution >= 4 is 5.97 Å². The van der Waals surface area contributed by atoms with Gasteiger partial charge in [0.1, 0.15) is 5.69 Å². The van der Waals surface area contributed by atoms with Crippen molar-refractivity contribution < 1.29 is 9.53 Å². The number of rotatable bonds is 3. The first-order chi connectivity index (χ1) is 10.7. The largest absolute Gasteiger partial charge is 0.464 e. The summed E-state index contributed by atoms with van der Waals surface area (Å²) >= 11 is 0. The Bertz CT molecular complexity index is 750. The molecule has 22 heavy (non-hydrogen) atoms. The van der Waals surface area contributed by atoms with Crippen molar-refractivity contribution in [1.82, 2.24) is 15.2 Å². The first kappa shape index (κ1) is 14.4. The molecular weight excluding hydrogens is 282 g/mol. The van der Waals surface area contributed by atoms with Crippen LogP contribution in [0.1, 0.15) is 45.7 Å². The van der Waals surface area contributed by atoms with Gasteiger partial charge in [0.25, 0.3) is 5.56 Å². The standard InChI is InChI=1S/C16H17N3O3/c1-22-16(21)13-7-6-10(9-17-13)8-14-11-4-2-3-5-12(11)15(20)19-18-14/h6-7,9H,2-5,8H2,1H3,(H,19,20). The van der Waals surface area contributed by atoms with Gasteiger partial charge in [0.05, 0.1) is 12.8 Å². The SMILES string of the molecule is COC(=O)c1ccc(Cc2n[nH]c(=O)c3c2CCCC3)cn1. The molecule has 2 heterocycles. The fraction of sp³-hybridized carbons (Fsp3) is 0.375. The third-order valence-corrected chi connectivity index (χ3v) is 3.97. The van der Waals surface area contributed by atoms with E-state index < -0.39 is 5.97 Å². The molecule has 0 saturated carbocycles. The average molecular weight is 299 g/mol. The zero-order valence-electron chi connectivity index (χ0n) is 12.4. The third kappa shape index (κ3) is 2.77. The van der Waals surface area contributed by atoms with Gasteiger partial charge in [-0.1, -0.05) is 6.07 Å². The first-order valence-corrected chi connectivity index (χ1v) is 7.31. The summed E-state index contributed by atoms with van der Waals surface area (Å²) in [5.74, 6) is -0.453. The van der Waals surface area contributed by atoms with Gasteiger partial charge in [0, 0.05) is 18.2 Å². The van der Waals surface area contributed by atoms with Crippen molar-refractivity contribution in [1.29, 1.82) is 0 Å². The van der Waals surface area contributed by atoms with Crippen LogP contribution in [0, 0.1) is 0 Å². The lowest BCUT2D eigenvalue weighted by Gasteiger charge is -2.17. The lowest BCUT2D eigenvalue weighted by molar-refractivity contribution is 0.0594. The molecular formula is C16H17N3O3. The van der Waals surface area contributed by atoms with E-state index in [1.807, 2.05) is 6.07 Å². The van der Waals surface area contributed by atoms with Crippen LogP contribution >= 0.6 is 0 Å². The van der Waals surface area contributed by atoms with Gasteiger partial charge >= 0.3 is 5.97 Å². The number of ether oxygens (including phenoxy) is 1. The molecule has 0 bridgehead atoms. The number of fused-ring (bicyclic) bond motifs is 1. The molecule has 1 aliphatic rings. The van der Waals surface area contributed by atoms with Crippen molar-refractivity contribution in [3.05, 3.63) is 56.8 Å². The maximum Gasteiger partial charge on any atom is 0.356 e. The molecule has 6 heteroatoms. The molecule has 3 rings (SSSR count). The lowest BCUT2D eigenvalue weighted by atomic mass is 9.90. The molecule has 6 nitrogen and oxygen atoms in total. The van der Waals surface area contributed by atoms with E-state index in [1.54, 1.807) is 12.3 Å². The second kappa shape index (κ2) is 6.09. The summed E-state index contributed by atoms with van der Waals surface area (Å²) in [6.07, 6.45) is 6.09. The van der Waals surface area contributed by atoms with Gasteiger partial charge in [0.15, 0.2) is 0 Å². The Morgan fingerprint density at radius 2 is 2.05 bits per heavy atom. The summed E-state index contributed by atoms with van der Waals surface area (Å²) in [5, 5.41) is 6.79. The van der Waals surface area contributed by atoms with Gasteiger partial charge in [-0.3, -0.25) is 4.79 Å². The Morgan fingerprint density at radius 3 is 2.73 bits per heavy atom. The highest BCUT2D eigenvalue weighted by Gasteiger charge is 2.18. The fourth-order valence-electron chi connectivity index (χ4n) is 2.82. The number of H-pyrrole nitrogens is 1. The minimum absolute atomic E-state index is 0.0717. The highest BCUT2D eigenvalue weighted by molar-refractivity contribution is 5.86. The molecule has 0 spiro atoms. The number of hydrogen-bond donors (Lipinski definition) is 1. The smallest absolute Gasteiger partial charge is 0.356 e. The maximum absolute atomic E-state index is 11.8. The van der Waals surface area contributed by atoms with Crippen LogP contribution in [0.5, 0.6) is 0 Å². The first-order valence-electron chi connectivity index (χ1n) is 7.31. The summed E-state index contributed by atoms with van der Waals surface area (Å²) in [4.78, 5) is 27.3. The molecule has 114 valence electrons. The molecule has 0 aliphatic heterocycles. The van der Waals surface area contributed by atoms with E-state index in [2.05, 4.69) is 19.9 Å². The van der Waals surface area contributed by atoms with Gasteiger partial charge in [-0.25, -0.2) is 14.9 Å². The summed E-state index contributed by atoms with van der Waals surface area (Å²) in [5.41, 5.74) is 3.99. The topological polar surface area (TPSA) is 84.9 Å². The van der Waals surface area contributed by atoms with Crippen LogP contribution in [0.15, 0.2) is 23.1 Å². The van der Waals surface area contributed by atoms with Gasteiger partial charge in [-0.2, -0.15) is 5.10 Å². The summed E-state index contributed by atoms with van der Waals surface area (Å²) in [6, 6.07) is 3.47. The molecule has 0 unspecified atom stereocenters. The zero-order chi connectivity index (χ0) is 15.5. The van der Waals surface area contributed by atoms with E-state index in [4.69, 9.17) is 0 Å². The second-order valence-electron chi connectivity index (χ2n) is 5.38. The van der Waals surface area contributed by atoms with Crippen LogP contribution in [0.3, 0.4) is 0 Å². The Kier molecular flexibility index (Phi) is 4.00. The van der Waals surface area contributed by atoms with Gasteiger partial charge in [0.2, 0.25) is 0 Å². The highest BCUT2D eigenvalue weighted by atomic mass is 16.5. The van der Waals surface area contributed by atoms with Crippen LogP contribution < -0.4 is 5.56 Å². The predicted octanol–water partition coefficient (Wildman–Crippen LogP) is 1.42. The van der Waals surface area contributed by atoms with Gasteiger partial charge in [-0.05, 0) is 42.9 Å². The number of aromatic amines is 1. The molecule has 0 aromatic carbocycles. The Labute approximate surface area is 127 Å². The highest BCUT2D eigenvalue weighted by Crippen LogP contribution is 2.21. The van der Waals surface area contributed by atoms with E-state index in [0.29, 0.717) is 6.42 Å². The predicted molar refractivity (Wildman–Crippen MR) is 79.9 cm³/mol. The number of nitrogens with zero attached hydrogens (tertiary/aromatic N) is 2. The van der Waals surface area contributed by atoms with E-state index in [1.165, 1.54) is 7.11 Å². The van der Waals surface area contributed by atoms with Gasteiger partial charge in [-0.15, -0.1) is 0 Å². The van der Waals surface area contributed by atoms with E-state index >= 15 is 0 Å². The number of methoxy groups -OCH3 is 1. The normalized spacial score (nSPS) is 13.5. The number of esters is 1. The van der Waals surface area contributed by atoms with Crippen LogP contribution in [0.25, 0.3) is 0 Å². The third-order valence-electron chi connectivity index (χ3n) is 3.97. The fourth-order valence-corrected chi connectivity index (χ4v) is 2.82. The lowest BCUT2D eigenvalue weighted by Crippen LogP contribution is -2.23. The monoisotopic (exact) mass is 299 g/mol. The van der Waals surface area contributed by atoms with Gasteiger partial charge < -0.3 is 4.74 Å². The Balaban J connectivity index is 1.87. The van der Waals surface area contributed by atoms with E-state index in [0.717, 1.165) is 48.1 Å². The van der Waals surface area contributed by atoms with Crippen molar-refractivity contribution in [2.24, 2.45) is 0 Å². The number of pyridine rings is 1. The quantitative estimate of drug-likeness (QED) is 0.866. The zero-order valence-corrected chi connectivity index (χ0v) is 12.4. The van der Waals surface area contributed by atoms with Crippen molar-refractivity contribution in [2.75, 3.05) is 7.11 Å². The summed E-state index contributed by atoms with van der Waals surface area (Å²) < 4.78 is 4.63. The summed E-state index contributed by atoms with van der Waals surface area (Å²) in [6.45, 7) is 0. The van der Waals surface area contributed by atoms with Crippen LogP contribution in [-0.4, -0.2) is 28.3 Å². The van der Waals surface area contributed by atoms with E-state index in [9.17, 15) is 9.59 Å². The van der Waals surface area contributed by atoms with Crippen molar-refractivity contribution in [3.8, 4) is 0 Å². The Hall–Kier alpha value is -2.50. The number of carbonyl (C=O) groups excluding carboxylic acids is 1. The minimum Gasteiger partial charge on any atom is -0.464 e. The van der Waals surface area contributed by atoms with Crippen LogP contribution in [-0.2, 0) is 24.0 Å². The average Bonchev–Trinajstić information content (AvgIpc) is 2.57. The number of carbonyl (C=O) groups is 1.